The maximum absolute atomic E-state index is 13.0. The van der Waals surface area contributed by atoms with Crippen LogP contribution < -0.4 is 5.73 Å². The van der Waals surface area contributed by atoms with Gasteiger partial charge in [0.1, 0.15) is 0 Å². The van der Waals surface area contributed by atoms with Crippen LogP contribution in [0.2, 0.25) is 5.02 Å². The third kappa shape index (κ3) is 3.28. The molecular weight excluding hydrogens is 375 g/mol. The van der Waals surface area contributed by atoms with E-state index in [0.29, 0.717) is 19.0 Å². The minimum Gasteiger partial charge on any atom is -0.465 e. The number of nitrogens with two attached hydrogens (primary N) is 1. The van der Waals surface area contributed by atoms with E-state index < -0.39 is 16.0 Å². The lowest BCUT2D eigenvalue weighted by Gasteiger charge is -2.20. The van der Waals surface area contributed by atoms with E-state index in [1.807, 2.05) is 0 Å². The van der Waals surface area contributed by atoms with Gasteiger partial charge in [0.05, 0.1) is 17.6 Å². The predicted octanol–water partition coefficient (Wildman–Crippen LogP) is 1.91. The number of nitrogens with zero attached hydrogens (tertiary/aromatic N) is 1. The van der Waals surface area contributed by atoms with Crippen molar-refractivity contribution in [2.24, 2.45) is 17.6 Å². The first kappa shape index (κ1) is 19.5. The molecule has 1 aromatic rings. The average Bonchev–Trinajstić information content (AvgIpc) is 3.09. The number of esters is 1. The zero-order valence-electron chi connectivity index (χ0n) is 13.1. The van der Waals surface area contributed by atoms with Gasteiger partial charge in [0.2, 0.25) is 10.0 Å². The molecule has 1 heterocycles. The van der Waals surface area contributed by atoms with Crippen molar-refractivity contribution in [1.29, 1.82) is 0 Å². The summed E-state index contributed by atoms with van der Waals surface area (Å²) in [5, 5.41) is 0.282. The Morgan fingerprint density at radius 1 is 1.33 bits per heavy atom. The smallest absolute Gasteiger partial charge is 0.339 e. The first-order valence-corrected chi connectivity index (χ1v) is 9.30. The molecule has 24 heavy (non-hydrogen) atoms. The number of hydrogen-bond acceptors (Lipinski definition) is 5. The van der Waals surface area contributed by atoms with Gasteiger partial charge in [-0.15, -0.1) is 12.4 Å². The molecule has 1 aliphatic heterocycles. The predicted molar refractivity (Wildman–Crippen MR) is 93.0 cm³/mol. The van der Waals surface area contributed by atoms with E-state index in [4.69, 9.17) is 17.3 Å². The van der Waals surface area contributed by atoms with Crippen LogP contribution in [0.25, 0.3) is 0 Å². The maximum atomic E-state index is 13.0. The van der Waals surface area contributed by atoms with Gasteiger partial charge in [-0.2, -0.15) is 4.31 Å². The second kappa shape index (κ2) is 7.17. The van der Waals surface area contributed by atoms with Gasteiger partial charge in [0, 0.05) is 24.2 Å². The second-order valence-corrected chi connectivity index (χ2v) is 8.46. The van der Waals surface area contributed by atoms with E-state index in [1.165, 1.54) is 29.6 Å². The molecular formula is C15H20Cl2N2O4S. The van der Waals surface area contributed by atoms with Crippen molar-refractivity contribution in [2.45, 2.75) is 23.8 Å². The number of carbonyl (C=O) groups is 1. The molecule has 1 aliphatic carbocycles. The van der Waals surface area contributed by atoms with Crippen LogP contribution in [-0.2, 0) is 14.8 Å². The summed E-state index contributed by atoms with van der Waals surface area (Å²) >= 11 is 5.89. The van der Waals surface area contributed by atoms with Crippen molar-refractivity contribution in [3.05, 3.63) is 28.8 Å². The number of methoxy groups -OCH3 is 1. The van der Waals surface area contributed by atoms with Gasteiger partial charge in [-0.25, -0.2) is 13.2 Å². The summed E-state index contributed by atoms with van der Waals surface area (Å²) in [5.74, 6) is -0.227. The molecule has 1 aromatic carbocycles. The Morgan fingerprint density at radius 3 is 2.67 bits per heavy atom. The fourth-order valence-electron chi connectivity index (χ4n) is 3.60. The third-order valence-corrected chi connectivity index (χ3v) is 6.97. The average molecular weight is 395 g/mol. The highest BCUT2D eigenvalue weighted by atomic mass is 35.5. The normalized spacial score (nSPS) is 26.7. The molecule has 0 amide bonds. The van der Waals surface area contributed by atoms with E-state index >= 15 is 0 Å². The summed E-state index contributed by atoms with van der Waals surface area (Å²) in [6, 6.07) is 4.19. The molecule has 3 unspecified atom stereocenters. The van der Waals surface area contributed by atoms with Crippen molar-refractivity contribution in [2.75, 3.05) is 20.2 Å². The molecule has 2 aliphatic rings. The highest BCUT2D eigenvalue weighted by molar-refractivity contribution is 7.89. The summed E-state index contributed by atoms with van der Waals surface area (Å²) in [4.78, 5) is 11.8. The Hall–Kier alpha value is -0.860. The molecule has 1 saturated heterocycles. The molecule has 3 atom stereocenters. The Bertz CT molecular complexity index is 741. The number of halogens is 2. The topological polar surface area (TPSA) is 89.7 Å². The van der Waals surface area contributed by atoms with E-state index in [9.17, 15) is 13.2 Å². The van der Waals surface area contributed by atoms with Gasteiger partial charge in [0.15, 0.2) is 0 Å². The summed E-state index contributed by atoms with van der Waals surface area (Å²) in [5.41, 5.74) is 6.03. The van der Waals surface area contributed by atoms with E-state index in [-0.39, 0.29) is 39.8 Å². The van der Waals surface area contributed by atoms with Crippen LogP contribution in [0, 0.1) is 11.8 Å². The van der Waals surface area contributed by atoms with Gasteiger partial charge >= 0.3 is 5.97 Å². The second-order valence-electron chi connectivity index (χ2n) is 6.12. The SMILES string of the molecule is COC(=O)c1cc(Cl)ccc1S(=O)(=O)N1CC2CCC(N)C2C1.Cl. The molecule has 1 saturated carbocycles. The molecule has 0 radical (unpaired) electrons. The van der Waals surface area contributed by atoms with E-state index in [2.05, 4.69) is 4.74 Å². The summed E-state index contributed by atoms with van der Waals surface area (Å²) in [7, 11) is -2.58. The third-order valence-electron chi connectivity index (χ3n) is 4.84. The lowest BCUT2D eigenvalue weighted by Crippen LogP contribution is -2.34. The Labute approximate surface area is 152 Å². The number of benzene rings is 1. The van der Waals surface area contributed by atoms with Crippen molar-refractivity contribution < 1.29 is 17.9 Å². The van der Waals surface area contributed by atoms with Crippen LogP contribution in [0.15, 0.2) is 23.1 Å². The Kier molecular flexibility index (Phi) is 5.82. The lowest BCUT2D eigenvalue weighted by molar-refractivity contribution is 0.0596. The van der Waals surface area contributed by atoms with Gasteiger partial charge in [-0.3, -0.25) is 0 Å². The summed E-state index contributed by atoms with van der Waals surface area (Å²) < 4.78 is 32.0. The van der Waals surface area contributed by atoms with Crippen LogP contribution in [0.4, 0.5) is 0 Å². The number of fused-ring (bicyclic) bond motifs is 1. The minimum absolute atomic E-state index is 0. The highest BCUT2D eigenvalue weighted by Crippen LogP contribution is 2.39. The van der Waals surface area contributed by atoms with Crippen LogP contribution in [0.3, 0.4) is 0 Å². The van der Waals surface area contributed by atoms with Crippen LogP contribution in [0.1, 0.15) is 23.2 Å². The Balaban J connectivity index is 0.00000208. The number of hydrogen-bond donors (Lipinski definition) is 1. The molecule has 3 rings (SSSR count). The van der Waals surface area contributed by atoms with Crippen LogP contribution in [-0.4, -0.2) is 44.9 Å². The standard InChI is InChI=1S/C15H19ClN2O4S.ClH/c1-22-15(19)11-6-10(16)3-5-14(11)23(20,21)18-7-9-2-4-13(17)12(9)8-18;/h3,5-6,9,12-13H,2,4,7-8,17H2,1H3;1H. The molecule has 2 fully saturated rings. The van der Waals surface area contributed by atoms with Crippen molar-refractivity contribution >= 4 is 40.0 Å². The van der Waals surface area contributed by atoms with Crippen LogP contribution in [0.5, 0.6) is 0 Å². The Morgan fingerprint density at radius 2 is 2.04 bits per heavy atom. The first-order valence-electron chi connectivity index (χ1n) is 7.48. The molecule has 2 N–H and O–H groups in total. The van der Waals surface area contributed by atoms with Gasteiger partial charge in [-0.05, 0) is 42.9 Å². The molecule has 134 valence electrons. The van der Waals surface area contributed by atoms with Crippen molar-refractivity contribution in [3.8, 4) is 0 Å². The fraction of sp³-hybridized carbons (Fsp3) is 0.533. The first-order chi connectivity index (χ1) is 10.8. The van der Waals surface area contributed by atoms with E-state index in [1.54, 1.807) is 0 Å². The molecule has 9 heteroatoms. The summed E-state index contributed by atoms with van der Waals surface area (Å²) in [6.07, 6.45) is 1.89. The number of sulfonamides is 1. The van der Waals surface area contributed by atoms with Crippen molar-refractivity contribution in [1.82, 2.24) is 4.31 Å². The van der Waals surface area contributed by atoms with Gasteiger partial charge in [0.25, 0.3) is 0 Å². The van der Waals surface area contributed by atoms with Crippen molar-refractivity contribution in [3.63, 3.8) is 0 Å². The number of ether oxygens (including phenoxy) is 1. The van der Waals surface area contributed by atoms with Gasteiger partial charge in [-0.1, -0.05) is 11.6 Å². The zero-order valence-corrected chi connectivity index (χ0v) is 15.5. The highest BCUT2D eigenvalue weighted by Gasteiger charge is 2.45. The number of carbonyl (C=O) groups excluding carboxylic acids is 1. The van der Waals surface area contributed by atoms with Crippen LogP contribution >= 0.6 is 24.0 Å². The molecule has 0 aromatic heterocycles. The molecule has 0 bridgehead atoms. The quantitative estimate of drug-likeness (QED) is 0.790. The maximum Gasteiger partial charge on any atom is 0.339 e. The zero-order chi connectivity index (χ0) is 16.8. The lowest BCUT2D eigenvalue weighted by atomic mass is 9.98. The molecule has 0 spiro atoms. The monoisotopic (exact) mass is 394 g/mol. The fourth-order valence-corrected chi connectivity index (χ4v) is 5.47. The molecule has 6 nitrogen and oxygen atoms in total. The largest absolute Gasteiger partial charge is 0.465 e. The minimum atomic E-state index is -3.79. The number of rotatable bonds is 3. The van der Waals surface area contributed by atoms with E-state index in [0.717, 1.165) is 12.8 Å². The van der Waals surface area contributed by atoms with Gasteiger partial charge < -0.3 is 10.5 Å². The summed E-state index contributed by atoms with van der Waals surface area (Å²) in [6.45, 7) is 0.849.